The van der Waals surface area contributed by atoms with Crippen molar-refractivity contribution in [1.82, 2.24) is 25.3 Å². The molecule has 0 aromatic carbocycles. The molecule has 17 heavy (non-hydrogen) atoms. The Hall–Kier alpha value is -1.31. The molecule has 0 fully saturated rings. The SMILES string of the molecule is OCCn1cc(CNCCc2cscn2)nn1. The molecule has 2 heterocycles. The maximum Gasteiger partial charge on any atom is 0.0964 e. The minimum Gasteiger partial charge on any atom is -0.394 e. The monoisotopic (exact) mass is 253 g/mol. The largest absolute Gasteiger partial charge is 0.394 e. The van der Waals surface area contributed by atoms with Crippen molar-refractivity contribution in [2.24, 2.45) is 0 Å². The Morgan fingerprint density at radius 2 is 2.35 bits per heavy atom. The second-order valence-corrected chi connectivity index (χ2v) is 4.32. The molecule has 92 valence electrons. The summed E-state index contributed by atoms with van der Waals surface area (Å²) in [5.74, 6) is 0. The molecule has 7 heteroatoms. The molecule has 0 aliphatic rings. The molecule has 6 nitrogen and oxygen atoms in total. The molecular formula is C10H15N5OS. The first kappa shape index (κ1) is 12.2. The van der Waals surface area contributed by atoms with E-state index in [9.17, 15) is 0 Å². The van der Waals surface area contributed by atoms with Gasteiger partial charge in [-0.2, -0.15) is 0 Å². The highest BCUT2D eigenvalue weighted by molar-refractivity contribution is 7.07. The van der Waals surface area contributed by atoms with Crippen molar-refractivity contribution in [3.8, 4) is 0 Å². The number of nitrogens with one attached hydrogen (secondary N) is 1. The van der Waals surface area contributed by atoms with Gasteiger partial charge in [-0.3, -0.25) is 0 Å². The summed E-state index contributed by atoms with van der Waals surface area (Å²) in [7, 11) is 0. The predicted molar refractivity (Wildman–Crippen MR) is 64.6 cm³/mol. The zero-order chi connectivity index (χ0) is 11.9. The van der Waals surface area contributed by atoms with Gasteiger partial charge in [0.05, 0.1) is 30.1 Å². The minimum absolute atomic E-state index is 0.0834. The zero-order valence-electron chi connectivity index (χ0n) is 9.41. The van der Waals surface area contributed by atoms with Gasteiger partial charge in [-0.1, -0.05) is 5.21 Å². The van der Waals surface area contributed by atoms with Crippen molar-refractivity contribution >= 4 is 11.3 Å². The zero-order valence-corrected chi connectivity index (χ0v) is 10.2. The van der Waals surface area contributed by atoms with E-state index in [0.717, 1.165) is 24.4 Å². The van der Waals surface area contributed by atoms with E-state index in [-0.39, 0.29) is 6.61 Å². The lowest BCUT2D eigenvalue weighted by Crippen LogP contribution is -2.17. The van der Waals surface area contributed by atoms with Crippen LogP contribution >= 0.6 is 11.3 Å². The summed E-state index contributed by atoms with van der Waals surface area (Å²) in [5, 5.41) is 22.0. The Balaban J connectivity index is 1.67. The van der Waals surface area contributed by atoms with Crippen molar-refractivity contribution in [2.45, 2.75) is 19.5 Å². The lowest BCUT2D eigenvalue weighted by atomic mass is 10.3. The van der Waals surface area contributed by atoms with E-state index < -0.39 is 0 Å². The van der Waals surface area contributed by atoms with Crippen LogP contribution in [0.1, 0.15) is 11.4 Å². The number of nitrogens with zero attached hydrogens (tertiary/aromatic N) is 4. The Morgan fingerprint density at radius 3 is 3.12 bits per heavy atom. The quantitative estimate of drug-likeness (QED) is 0.682. The average Bonchev–Trinajstić information content (AvgIpc) is 2.96. The van der Waals surface area contributed by atoms with Crippen LogP contribution in [-0.2, 0) is 19.5 Å². The molecule has 0 radical (unpaired) electrons. The Morgan fingerprint density at radius 1 is 1.41 bits per heavy atom. The summed E-state index contributed by atoms with van der Waals surface area (Å²) in [6.45, 7) is 2.14. The van der Waals surface area contributed by atoms with Crippen molar-refractivity contribution < 1.29 is 5.11 Å². The smallest absolute Gasteiger partial charge is 0.0964 e. The Labute approximate surface area is 103 Å². The summed E-state index contributed by atoms with van der Waals surface area (Å²) < 4.78 is 1.64. The first-order valence-electron chi connectivity index (χ1n) is 5.46. The molecule has 0 saturated carbocycles. The molecule has 2 N–H and O–H groups in total. The second-order valence-electron chi connectivity index (χ2n) is 3.60. The second kappa shape index (κ2) is 6.43. The van der Waals surface area contributed by atoms with Crippen LogP contribution in [0, 0.1) is 0 Å². The van der Waals surface area contributed by atoms with Crippen LogP contribution in [0.3, 0.4) is 0 Å². The van der Waals surface area contributed by atoms with Gasteiger partial charge in [-0.15, -0.1) is 16.4 Å². The van der Waals surface area contributed by atoms with Crippen molar-refractivity contribution in [3.05, 3.63) is 28.5 Å². The van der Waals surface area contributed by atoms with Crippen molar-refractivity contribution in [1.29, 1.82) is 0 Å². The maximum absolute atomic E-state index is 8.74. The summed E-state index contributed by atoms with van der Waals surface area (Å²) in [6, 6.07) is 0. The number of aliphatic hydroxyl groups is 1. The van der Waals surface area contributed by atoms with Gasteiger partial charge in [0.1, 0.15) is 0 Å². The standard InChI is InChI=1S/C10H15N5OS/c16-4-3-15-6-10(13-14-15)5-11-2-1-9-7-17-8-12-9/h6-8,11,16H,1-5H2. The van der Waals surface area contributed by atoms with Crippen LogP contribution in [0.4, 0.5) is 0 Å². The van der Waals surface area contributed by atoms with Crippen LogP contribution in [-0.4, -0.2) is 38.2 Å². The maximum atomic E-state index is 8.74. The molecule has 0 spiro atoms. The lowest BCUT2D eigenvalue weighted by Gasteiger charge is -1.99. The molecule has 0 atom stereocenters. The summed E-state index contributed by atoms with van der Waals surface area (Å²) >= 11 is 1.61. The molecule has 2 aromatic heterocycles. The number of rotatable bonds is 7. The highest BCUT2D eigenvalue weighted by Gasteiger charge is 2.00. The van der Waals surface area contributed by atoms with Crippen LogP contribution in [0.25, 0.3) is 0 Å². The van der Waals surface area contributed by atoms with Gasteiger partial charge in [-0.25, -0.2) is 9.67 Å². The van der Waals surface area contributed by atoms with E-state index in [1.54, 1.807) is 16.0 Å². The van der Waals surface area contributed by atoms with Gasteiger partial charge >= 0.3 is 0 Å². The van der Waals surface area contributed by atoms with Gasteiger partial charge in [0.25, 0.3) is 0 Å². The van der Waals surface area contributed by atoms with Gasteiger partial charge in [0, 0.05) is 31.1 Å². The first-order valence-corrected chi connectivity index (χ1v) is 6.40. The van der Waals surface area contributed by atoms with Gasteiger partial charge in [0.2, 0.25) is 0 Å². The lowest BCUT2D eigenvalue weighted by molar-refractivity contribution is 0.268. The predicted octanol–water partition coefficient (Wildman–Crippen LogP) is 0.0592. The molecule has 0 bridgehead atoms. The Kier molecular flexibility index (Phi) is 4.60. The Bertz CT molecular complexity index is 428. The van der Waals surface area contributed by atoms with E-state index in [4.69, 9.17) is 5.11 Å². The molecule has 0 unspecified atom stereocenters. The molecule has 2 rings (SSSR count). The number of thiazole rings is 1. The highest BCUT2D eigenvalue weighted by Crippen LogP contribution is 2.00. The van der Waals surface area contributed by atoms with E-state index in [2.05, 4.69) is 26.0 Å². The van der Waals surface area contributed by atoms with Crippen molar-refractivity contribution in [2.75, 3.05) is 13.2 Å². The molecule has 0 amide bonds. The first-order chi connectivity index (χ1) is 8.38. The van der Waals surface area contributed by atoms with E-state index in [1.807, 2.05) is 11.7 Å². The van der Waals surface area contributed by atoms with Crippen LogP contribution < -0.4 is 5.32 Å². The number of hydrogen-bond acceptors (Lipinski definition) is 6. The molecule has 0 aliphatic carbocycles. The van der Waals surface area contributed by atoms with Crippen LogP contribution in [0.2, 0.25) is 0 Å². The fraction of sp³-hybridized carbons (Fsp3) is 0.500. The minimum atomic E-state index is 0.0834. The molecule has 0 aliphatic heterocycles. The summed E-state index contributed by atoms with van der Waals surface area (Å²) in [5.41, 5.74) is 3.85. The molecular weight excluding hydrogens is 238 g/mol. The molecule has 0 saturated heterocycles. The normalized spacial score (nSPS) is 10.9. The van der Waals surface area contributed by atoms with E-state index in [0.29, 0.717) is 13.1 Å². The van der Waals surface area contributed by atoms with E-state index in [1.165, 1.54) is 0 Å². The number of hydrogen-bond donors (Lipinski definition) is 2. The fourth-order valence-electron chi connectivity index (χ4n) is 1.43. The third kappa shape index (κ3) is 3.88. The summed E-state index contributed by atoms with van der Waals surface area (Å²) in [6.07, 6.45) is 2.76. The third-order valence-electron chi connectivity index (χ3n) is 2.26. The van der Waals surface area contributed by atoms with Crippen LogP contribution in [0.15, 0.2) is 17.1 Å². The van der Waals surface area contributed by atoms with Gasteiger partial charge in [0.15, 0.2) is 0 Å². The topological polar surface area (TPSA) is 75.9 Å². The van der Waals surface area contributed by atoms with Gasteiger partial charge < -0.3 is 10.4 Å². The number of aromatic nitrogens is 4. The van der Waals surface area contributed by atoms with Gasteiger partial charge in [-0.05, 0) is 0 Å². The number of aliphatic hydroxyl groups excluding tert-OH is 1. The fourth-order valence-corrected chi connectivity index (χ4v) is 2.02. The highest BCUT2D eigenvalue weighted by atomic mass is 32.1. The van der Waals surface area contributed by atoms with Crippen molar-refractivity contribution in [3.63, 3.8) is 0 Å². The third-order valence-corrected chi connectivity index (χ3v) is 2.90. The molecule has 2 aromatic rings. The summed E-state index contributed by atoms with van der Waals surface area (Å²) in [4.78, 5) is 4.21. The van der Waals surface area contributed by atoms with Crippen LogP contribution in [0.5, 0.6) is 0 Å². The van der Waals surface area contributed by atoms with E-state index >= 15 is 0 Å². The average molecular weight is 253 g/mol.